The molecule has 1 unspecified atom stereocenters. The summed E-state index contributed by atoms with van der Waals surface area (Å²) in [6.07, 6.45) is 7.34. The van der Waals surface area contributed by atoms with Gasteiger partial charge in [0.25, 0.3) is 0 Å². The SMILES string of the molecule is Cc1ccc(S(=O)(=O)N2CCCC2c2cnc(N3CCCCC3)c(C)c2)cc1. The van der Waals surface area contributed by atoms with Gasteiger partial charge in [0, 0.05) is 25.8 Å². The Hall–Kier alpha value is -1.92. The van der Waals surface area contributed by atoms with E-state index in [0.29, 0.717) is 11.4 Å². The molecule has 3 heterocycles. The second-order valence-corrected chi connectivity index (χ2v) is 9.93. The molecule has 28 heavy (non-hydrogen) atoms. The molecule has 0 saturated carbocycles. The number of hydrogen-bond donors (Lipinski definition) is 0. The molecule has 4 rings (SSSR count). The van der Waals surface area contributed by atoms with E-state index in [0.717, 1.165) is 48.4 Å². The zero-order chi connectivity index (χ0) is 19.7. The lowest BCUT2D eigenvalue weighted by atomic mass is 10.0. The van der Waals surface area contributed by atoms with Gasteiger partial charge in [0.15, 0.2) is 0 Å². The van der Waals surface area contributed by atoms with Crippen molar-refractivity contribution < 1.29 is 8.42 Å². The highest BCUT2D eigenvalue weighted by Crippen LogP contribution is 2.37. The van der Waals surface area contributed by atoms with Crippen molar-refractivity contribution in [1.82, 2.24) is 9.29 Å². The molecule has 0 bridgehead atoms. The van der Waals surface area contributed by atoms with Gasteiger partial charge in [0.1, 0.15) is 5.82 Å². The number of pyridine rings is 1. The lowest BCUT2D eigenvalue weighted by molar-refractivity contribution is 0.396. The Morgan fingerprint density at radius 3 is 2.36 bits per heavy atom. The molecule has 1 atom stereocenters. The monoisotopic (exact) mass is 399 g/mol. The van der Waals surface area contributed by atoms with E-state index in [1.165, 1.54) is 19.3 Å². The third-order valence-electron chi connectivity index (χ3n) is 5.94. The Morgan fingerprint density at radius 1 is 0.964 bits per heavy atom. The van der Waals surface area contributed by atoms with Crippen LogP contribution >= 0.6 is 0 Å². The summed E-state index contributed by atoms with van der Waals surface area (Å²) in [5, 5.41) is 0. The van der Waals surface area contributed by atoms with Crippen LogP contribution in [0.15, 0.2) is 41.4 Å². The number of aryl methyl sites for hydroxylation is 2. The maximum Gasteiger partial charge on any atom is 0.243 e. The zero-order valence-electron chi connectivity index (χ0n) is 16.8. The molecule has 0 spiro atoms. The number of rotatable bonds is 4. The Morgan fingerprint density at radius 2 is 1.68 bits per heavy atom. The zero-order valence-corrected chi connectivity index (χ0v) is 17.6. The molecule has 2 aromatic rings. The van der Waals surface area contributed by atoms with Gasteiger partial charge in [0.05, 0.1) is 10.9 Å². The van der Waals surface area contributed by atoms with Crippen molar-refractivity contribution in [3.63, 3.8) is 0 Å². The van der Waals surface area contributed by atoms with Gasteiger partial charge in [-0.05, 0) is 75.3 Å². The predicted molar refractivity (Wildman–Crippen MR) is 112 cm³/mol. The Balaban J connectivity index is 1.61. The minimum absolute atomic E-state index is 0.132. The predicted octanol–water partition coefficient (Wildman–Crippen LogP) is 4.21. The molecule has 0 amide bonds. The summed E-state index contributed by atoms with van der Waals surface area (Å²) in [5.41, 5.74) is 3.20. The highest BCUT2D eigenvalue weighted by molar-refractivity contribution is 7.89. The molecular formula is C22H29N3O2S. The molecule has 5 nitrogen and oxygen atoms in total. The number of aromatic nitrogens is 1. The number of hydrogen-bond acceptors (Lipinski definition) is 4. The fraction of sp³-hybridized carbons (Fsp3) is 0.500. The standard InChI is InChI=1S/C22H29N3O2S/c1-17-8-10-20(11-9-17)28(26,27)25-14-6-7-21(25)19-15-18(2)22(23-16-19)24-12-4-3-5-13-24/h8-11,15-16,21H,3-7,12-14H2,1-2H3. The summed E-state index contributed by atoms with van der Waals surface area (Å²) in [6.45, 7) is 6.74. The van der Waals surface area contributed by atoms with Gasteiger partial charge in [-0.1, -0.05) is 17.7 Å². The van der Waals surface area contributed by atoms with E-state index in [9.17, 15) is 8.42 Å². The molecule has 0 N–H and O–H groups in total. The van der Waals surface area contributed by atoms with Crippen LogP contribution in [0.1, 0.15) is 54.8 Å². The van der Waals surface area contributed by atoms with E-state index in [1.54, 1.807) is 16.4 Å². The molecule has 0 aliphatic carbocycles. The summed E-state index contributed by atoms with van der Waals surface area (Å²) < 4.78 is 28.1. The summed E-state index contributed by atoms with van der Waals surface area (Å²) in [4.78, 5) is 7.49. The quantitative estimate of drug-likeness (QED) is 0.773. The molecular weight excluding hydrogens is 370 g/mol. The molecule has 150 valence electrons. The first-order chi connectivity index (χ1) is 13.5. The van der Waals surface area contributed by atoms with E-state index in [4.69, 9.17) is 4.98 Å². The second kappa shape index (κ2) is 7.84. The summed E-state index contributed by atoms with van der Waals surface area (Å²) in [6, 6.07) is 9.15. The number of sulfonamides is 1. The Labute approximate surface area is 168 Å². The average molecular weight is 400 g/mol. The molecule has 1 aromatic heterocycles. The van der Waals surface area contributed by atoms with Crippen LogP contribution in [0.4, 0.5) is 5.82 Å². The molecule has 6 heteroatoms. The van der Waals surface area contributed by atoms with Gasteiger partial charge < -0.3 is 4.90 Å². The third kappa shape index (κ3) is 3.67. The summed E-state index contributed by atoms with van der Waals surface area (Å²) in [7, 11) is -3.50. The van der Waals surface area contributed by atoms with Crippen LogP contribution in [0.5, 0.6) is 0 Å². The largest absolute Gasteiger partial charge is 0.356 e. The summed E-state index contributed by atoms with van der Waals surface area (Å²) >= 11 is 0. The van der Waals surface area contributed by atoms with Crippen molar-refractivity contribution in [3.8, 4) is 0 Å². The van der Waals surface area contributed by atoms with E-state index >= 15 is 0 Å². The minimum Gasteiger partial charge on any atom is -0.356 e. The number of anilines is 1. The third-order valence-corrected chi connectivity index (χ3v) is 7.87. The Bertz CT molecular complexity index is 935. The van der Waals surface area contributed by atoms with Crippen molar-refractivity contribution in [2.45, 2.75) is 56.9 Å². The molecule has 2 saturated heterocycles. The smallest absolute Gasteiger partial charge is 0.243 e. The van der Waals surface area contributed by atoms with Crippen LogP contribution in [0.2, 0.25) is 0 Å². The van der Waals surface area contributed by atoms with Crippen LogP contribution < -0.4 is 4.90 Å². The Kier molecular flexibility index (Phi) is 5.43. The molecule has 1 aromatic carbocycles. The van der Waals surface area contributed by atoms with Crippen molar-refractivity contribution in [2.75, 3.05) is 24.5 Å². The maximum atomic E-state index is 13.2. The highest BCUT2D eigenvalue weighted by atomic mass is 32.2. The lowest BCUT2D eigenvalue weighted by Gasteiger charge is -2.30. The second-order valence-electron chi connectivity index (χ2n) is 8.04. The van der Waals surface area contributed by atoms with Crippen molar-refractivity contribution in [1.29, 1.82) is 0 Å². The van der Waals surface area contributed by atoms with Gasteiger partial charge in [-0.15, -0.1) is 0 Å². The fourth-order valence-corrected chi connectivity index (χ4v) is 6.10. The number of benzene rings is 1. The van der Waals surface area contributed by atoms with Crippen molar-refractivity contribution in [3.05, 3.63) is 53.2 Å². The van der Waals surface area contributed by atoms with Crippen LogP contribution in [0.3, 0.4) is 0 Å². The molecule has 0 radical (unpaired) electrons. The molecule has 2 fully saturated rings. The normalized spacial score (nSPS) is 21.2. The lowest BCUT2D eigenvalue weighted by Crippen LogP contribution is -2.32. The number of nitrogens with zero attached hydrogens (tertiary/aromatic N) is 3. The van der Waals surface area contributed by atoms with Crippen LogP contribution in [0.25, 0.3) is 0 Å². The van der Waals surface area contributed by atoms with Crippen molar-refractivity contribution >= 4 is 15.8 Å². The van der Waals surface area contributed by atoms with Gasteiger partial charge in [-0.25, -0.2) is 13.4 Å². The van der Waals surface area contributed by atoms with E-state index in [2.05, 4.69) is 17.9 Å². The first-order valence-corrected chi connectivity index (χ1v) is 11.7. The van der Waals surface area contributed by atoms with Crippen LogP contribution in [0, 0.1) is 13.8 Å². The molecule has 2 aliphatic rings. The van der Waals surface area contributed by atoms with Crippen molar-refractivity contribution in [2.24, 2.45) is 0 Å². The number of piperidine rings is 1. The van der Waals surface area contributed by atoms with Crippen LogP contribution in [-0.2, 0) is 10.0 Å². The average Bonchev–Trinajstić information content (AvgIpc) is 3.20. The fourth-order valence-electron chi connectivity index (χ4n) is 4.41. The van der Waals surface area contributed by atoms with Gasteiger partial charge in [-0.2, -0.15) is 4.31 Å². The first kappa shape index (κ1) is 19.4. The minimum atomic E-state index is -3.50. The summed E-state index contributed by atoms with van der Waals surface area (Å²) in [5.74, 6) is 1.05. The molecule has 2 aliphatic heterocycles. The van der Waals surface area contributed by atoms with Gasteiger partial charge >= 0.3 is 0 Å². The van der Waals surface area contributed by atoms with Gasteiger partial charge in [0.2, 0.25) is 10.0 Å². The highest BCUT2D eigenvalue weighted by Gasteiger charge is 2.36. The van der Waals surface area contributed by atoms with E-state index < -0.39 is 10.0 Å². The van der Waals surface area contributed by atoms with Crippen LogP contribution in [-0.4, -0.2) is 37.3 Å². The van der Waals surface area contributed by atoms with E-state index in [-0.39, 0.29) is 6.04 Å². The van der Waals surface area contributed by atoms with Gasteiger partial charge in [-0.3, -0.25) is 0 Å². The van der Waals surface area contributed by atoms with E-state index in [1.807, 2.05) is 25.3 Å². The first-order valence-electron chi connectivity index (χ1n) is 10.3. The maximum absolute atomic E-state index is 13.2. The topological polar surface area (TPSA) is 53.5 Å².